The maximum Gasteiger partial charge on any atom is 0.237 e. The van der Waals surface area contributed by atoms with Gasteiger partial charge in [0, 0.05) is 6.20 Å². The molecule has 0 N–H and O–H groups in total. The Balaban J connectivity index is 2.35. The normalized spacial score (nSPS) is 9.71. The summed E-state index contributed by atoms with van der Waals surface area (Å²) in [5, 5.41) is 8.93. The molecule has 0 saturated carbocycles. The van der Waals surface area contributed by atoms with E-state index in [9.17, 15) is 0 Å². The minimum atomic E-state index is 0.319. The molecule has 2 aromatic rings. The van der Waals surface area contributed by atoms with Gasteiger partial charge >= 0.3 is 0 Å². The van der Waals surface area contributed by atoms with Crippen LogP contribution < -0.4 is 4.74 Å². The highest BCUT2D eigenvalue weighted by Gasteiger charge is 2.07. The van der Waals surface area contributed by atoms with E-state index >= 15 is 0 Å². The molecule has 0 radical (unpaired) electrons. The number of rotatable bonds is 2. The molecule has 4 heteroatoms. The number of nitrogens with zero attached hydrogens (tertiary/aromatic N) is 2. The standard InChI is InChI=1S/C13H9BrN2O/c1-9-4-5-12(11(14)7-9)17-13-10(8-15)3-2-6-16-13/h2-7H,1H3. The van der Waals surface area contributed by atoms with E-state index in [2.05, 4.69) is 20.9 Å². The Bertz CT molecular complexity index is 590. The maximum atomic E-state index is 8.93. The zero-order valence-electron chi connectivity index (χ0n) is 9.14. The van der Waals surface area contributed by atoms with Gasteiger partial charge in [0.1, 0.15) is 17.4 Å². The lowest BCUT2D eigenvalue weighted by Gasteiger charge is -2.08. The number of ether oxygens (including phenoxy) is 1. The van der Waals surface area contributed by atoms with E-state index in [-0.39, 0.29) is 0 Å². The van der Waals surface area contributed by atoms with Crippen molar-refractivity contribution in [1.29, 1.82) is 5.26 Å². The minimum Gasteiger partial charge on any atom is -0.436 e. The lowest BCUT2D eigenvalue weighted by atomic mass is 10.2. The first-order chi connectivity index (χ1) is 8.20. The van der Waals surface area contributed by atoms with Crippen LogP contribution in [0.3, 0.4) is 0 Å². The highest BCUT2D eigenvalue weighted by atomic mass is 79.9. The van der Waals surface area contributed by atoms with Crippen molar-refractivity contribution in [1.82, 2.24) is 4.98 Å². The average Bonchev–Trinajstić information content (AvgIpc) is 2.33. The molecular weight excluding hydrogens is 280 g/mol. The van der Waals surface area contributed by atoms with Crippen LogP contribution in [-0.2, 0) is 0 Å². The second kappa shape index (κ2) is 4.98. The summed E-state index contributed by atoms with van der Waals surface area (Å²) in [5.41, 5.74) is 1.55. The Labute approximate surface area is 108 Å². The van der Waals surface area contributed by atoms with Crippen molar-refractivity contribution in [2.45, 2.75) is 6.92 Å². The lowest BCUT2D eigenvalue weighted by Crippen LogP contribution is -1.92. The molecule has 0 aliphatic carbocycles. The second-order valence-electron chi connectivity index (χ2n) is 3.50. The highest BCUT2D eigenvalue weighted by molar-refractivity contribution is 9.10. The summed E-state index contributed by atoms with van der Waals surface area (Å²) in [4.78, 5) is 4.04. The van der Waals surface area contributed by atoms with Gasteiger partial charge in [-0.05, 0) is 52.7 Å². The Morgan fingerprint density at radius 2 is 2.18 bits per heavy atom. The number of hydrogen-bond acceptors (Lipinski definition) is 3. The number of benzene rings is 1. The molecule has 2 rings (SSSR count). The molecule has 0 saturated heterocycles. The van der Waals surface area contributed by atoms with E-state index in [0.717, 1.165) is 10.0 Å². The van der Waals surface area contributed by atoms with Crippen LogP contribution in [0.5, 0.6) is 11.6 Å². The van der Waals surface area contributed by atoms with Crippen molar-refractivity contribution < 1.29 is 4.74 Å². The molecule has 0 spiro atoms. The minimum absolute atomic E-state index is 0.319. The van der Waals surface area contributed by atoms with Crippen LogP contribution in [0.4, 0.5) is 0 Å². The fraction of sp³-hybridized carbons (Fsp3) is 0.0769. The summed E-state index contributed by atoms with van der Waals surface area (Å²) >= 11 is 3.42. The van der Waals surface area contributed by atoms with Gasteiger partial charge in [0.25, 0.3) is 0 Å². The lowest BCUT2D eigenvalue weighted by molar-refractivity contribution is 0.458. The summed E-state index contributed by atoms with van der Waals surface area (Å²) in [6.07, 6.45) is 1.60. The summed E-state index contributed by atoms with van der Waals surface area (Å²) in [5.74, 6) is 0.963. The van der Waals surface area contributed by atoms with E-state index in [1.54, 1.807) is 18.3 Å². The SMILES string of the molecule is Cc1ccc(Oc2ncccc2C#N)c(Br)c1. The molecule has 3 nitrogen and oxygen atoms in total. The topological polar surface area (TPSA) is 45.9 Å². The third-order valence-electron chi connectivity index (χ3n) is 2.19. The smallest absolute Gasteiger partial charge is 0.237 e. The zero-order valence-corrected chi connectivity index (χ0v) is 10.7. The largest absolute Gasteiger partial charge is 0.436 e. The number of pyridine rings is 1. The van der Waals surface area contributed by atoms with Crippen molar-refractivity contribution in [3.8, 4) is 17.7 Å². The summed E-state index contributed by atoms with van der Waals surface area (Å²) in [6.45, 7) is 2.00. The first-order valence-corrected chi connectivity index (χ1v) is 5.79. The van der Waals surface area contributed by atoms with Crippen LogP contribution in [0, 0.1) is 18.3 Å². The molecular formula is C13H9BrN2O. The fourth-order valence-electron chi connectivity index (χ4n) is 1.35. The fourth-order valence-corrected chi connectivity index (χ4v) is 1.92. The predicted molar refractivity (Wildman–Crippen MR) is 67.9 cm³/mol. The molecule has 0 bridgehead atoms. The van der Waals surface area contributed by atoms with Crippen molar-refractivity contribution >= 4 is 15.9 Å². The Morgan fingerprint density at radius 1 is 1.35 bits per heavy atom. The molecule has 0 fully saturated rings. The van der Waals surface area contributed by atoms with Gasteiger partial charge in [0.2, 0.25) is 5.88 Å². The number of hydrogen-bond donors (Lipinski definition) is 0. The van der Waals surface area contributed by atoms with Gasteiger partial charge in [-0.15, -0.1) is 0 Å². The number of nitriles is 1. The third kappa shape index (κ3) is 2.63. The maximum absolute atomic E-state index is 8.93. The molecule has 0 unspecified atom stereocenters. The van der Waals surface area contributed by atoms with Crippen LogP contribution >= 0.6 is 15.9 Å². The van der Waals surface area contributed by atoms with Crippen LogP contribution in [0.1, 0.15) is 11.1 Å². The van der Waals surface area contributed by atoms with Crippen LogP contribution in [-0.4, -0.2) is 4.98 Å². The van der Waals surface area contributed by atoms with Gasteiger partial charge in [-0.1, -0.05) is 6.07 Å². The molecule has 17 heavy (non-hydrogen) atoms. The highest BCUT2D eigenvalue weighted by Crippen LogP contribution is 2.30. The van der Waals surface area contributed by atoms with Crippen LogP contribution in [0.2, 0.25) is 0 Å². The van der Waals surface area contributed by atoms with Gasteiger partial charge in [-0.3, -0.25) is 0 Å². The molecule has 1 heterocycles. The Morgan fingerprint density at radius 3 is 2.88 bits per heavy atom. The van der Waals surface area contributed by atoms with Gasteiger partial charge < -0.3 is 4.74 Å². The monoisotopic (exact) mass is 288 g/mol. The van der Waals surface area contributed by atoms with Crippen molar-refractivity contribution in [3.63, 3.8) is 0 Å². The molecule has 0 amide bonds. The third-order valence-corrected chi connectivity index (χ3v) is 2.81. The second-order valence-corrected chi connectivity index (χ2v) is 4.36. The van der Waals surface area contributed by atoms with Crippen LogP contribution in [0.25, 0.3) is 0 Å². The number of aryl methyl sites for hydroxylation is 1. The van der Waals surface area contributed by atoms with E-state index in [4.69, 9.17) is 10.00 Å². The van der Waals surface area contributed by atoms with Gasteiger partial charge in [-0.25, -0.2) is 4.98 Å². The van der Waals surface area contributed by atoms with Crippen molar-refractivity contribution in [2.24, 2.45) is 0 Å². The first kappa shape index (κ1) is 11.6. The molecule has 1 aromatic carbocycles. The molecule has 0 atom stereocenters. The predicted octanol–water partition coefficient (Wildman–Crippen LogP) is 3.82. The summed E-state index contributed by atoms with van der Waals surface area (Å²) in [6, 6.07) is 11.1. The summed E-state index contributed by atoms with van der Waals surface area (Å²) < 4.78 is 6.45. The zero-order chi connectivity index (χ0) is 12.3. The van der Waals surface area contributed by atoms with E-state index in [0.29, 0.717) is 17.2 Å². The molecule has 1 aromatic heterocycles. The Hall–Kier alpha value is -1.86. The van der Waals surface area contributed by atoms with Gasteiger partial charge in [-0.2, -0.15) is 5.26 Å². The van der Waals surface area contributed by atoms with Crippen LogP contribution in [0.15, 0.2) is 41.0 Å². The molecule has 0 aliphatic rings. The number of halogens is 1. The number of aromatic nitrogens is 1. The quantitative estimate of drug-likeness (QED) is 0.844. The first-order valence-electron chi connectivity index (χ1n) is 5.00. The Kier molecular flexibility index (Phi) is 3.40. The van der Waals surface area contributed by atoms with E-state index in [1.165, 1.54) is 0 Å². The van der Waals surface area contributed by atoms with E-state index < -0.39 is 0 Å². The molecule has 0 aliphatic heterocycles. The van der Waals surface area contributed by atoms with Gasteiger partial charge in [0.15, 0.2) is 0 Å². The van der Waals surface area contributed by atoms with Crippen molar-refractivity contribution in [3.05, 3.63) is 52.1 Å². The van der Waals surface area contributed by atoms with Crippen molar-refractivity contribution in [2.75, 3.05) is 0 Å². The van der Waals surface area contributed by atoms with Gasteiger partial charge in [0.05, 0.1) is 4.47 Å². The summed E-state index contributed by atoms with van der Waals surface area (Å²) in [7, 11) is 0. The average molecular weight is 289 g/mol. The van der Waals surface area contributed by atoms with E-state index in [1.807, 2.05) is 31.2 Å². The molecule has 84 valence electrons.